The lowest BCUT2D eigenvalue weighted by Crippen LogP contribution is -2.36. The molecule has 1 saturated heterocycles. The fourth-order valence-corrected chi connectivity index (χ4v) is 3.52. The van der Waals surface area contributed by atoms with Gasteiger partial charge < -0.3 is 0 Å². The third-order valence-electron chi connectivity index (χ3n) is 4.70. The number of amides is 2. The van der Waals surface area contributed by atoms with Crippen molar-refractivity contribution in [1.82, 2.24) is 4.90 Å². The topological polar surface area (TPSA) is 37.4 Å². The van der Waals surface area contributed by atoms with E-state index in [1.165, 1.54) is 11.3 Å². The zero-order chi connectivity index (χ0) is 14.7. The zero-order valence-corrected chi connectivity index (χ0v) is 12.3. The molecule has 0 aromatic heterocycles. The summed E-state index contributed by atoms with van der Waals surface area (Å²) in [5.41, 5.74) is 0.722. The van der Waals surface area contributed by atoms with E-state index in [0.717, 1.165) is 31.2 Å². The number of hydrogen-bond acceptors (Lipinski definition) is 2. The quantitative estimate of drug-likeness (QED) is 0.797. The van der Waals surface area contributed by atoms with Crippen LogP contribution in [-0.2, 0) is 9.59 Å². The van der Waals surface area contributed by atoms with Crippen molar-refractivity contribution >= 4 is 17.9 Å². The van der Waals surface area contributed by atoms with Gasteiger partial charge in [-0.05, 0) is 18.4 Å². The highest BCUT2D eigenvalue weighted by Crippen LogP contribution is 2.45. The van der Waals surface area contributed by atoms with Gasteiger partial charge in [0.1, 0.15) is 0 Å². The number of hydrogen-bond donors (Lipinski definition) is 0. The van der Waals surface area contributed by atoms with Crippen molar-refractivity contribution in [2.75, 3.05) is 6.54 Å². The Hall–Kier alpha value is -1.90. The molecule has 3 heteroatoms. The van der Waals surface area contributed by atoms with Crippen LogP contribution in [0, 0.1) is 5.41 Å². The molecular weight excluding hydrogens is 262 g/mol. The van der Waals surface area contributed by atoms with E-state index in [1.54, 1.807) is 0 Å². The van der Waals surface area contributed by atoms with Gasteiger partial charge in [-0.3, -0.25) is 14.5 Å². The molecule has 1 heterocycles. The average molecular weight is 283 g/mol. The van der Waals surface area contributed by atoms with Gasteiger partial charge >= 0.3 is 0 Å². The molecule has 1 aromatic carbocycles. The predicted molar refractivity (Wildman–Crippen MR) is 82.3 cm³/mol. The van der Waals surface area contributed by atoms with E-state index >= 15 is 0 Å². The Morgan fingerprint density at radius 3 is 2.48 bits per heavy atom. The first-order valence-electron chi connectivity index (χ1n) is 7.78. The summed E-state index contributed by atoms with van der Waals surface area (Å²) in [5.74, 6) is 0.0597. The van der Waals surface area contributed by atoms with Gasteiger partial charge in [-0.1, -0.05) is 61.7 Å². The third kappa shape index (κ3) is 2.78. The van der Waals surface area contributed by atoms with Gasteiger partial charge in [0.15, 0.2) is 0 Å². The van der Waals surface area contributed by atoms with E-state index in [9.17, 15) is 9.59 Å². The first-order valence-corrected chi connectivity index (χ1v) is 7.78. The van der Waals surface area contributed by atoms with Crippen molar-refractivity contribution in [3.05, 3.63) is 42.0 Å². The Balaban J connectivity index is 1.67. The minimum Gasteiger partial charge on any atom is -0.278 e. The molecule has 0 N–H and O–H groups in total. The molecule has 3 rings (SSSR count). The molecule has 0 unspecified atom stereocenters. The van der Waals surface area contributed by atoms with Crippen LogP contribution in [0.5, 0.6) is 0 Å². The van der Waals surface area contributed by atoms with Crippen LogP contribution in [0.2, 0.25) is 0 Å². The number of carbonyl (C=O) groups excluding carboxylic acids is 2. The minimum absolute atomic E-state index is 0.000360. The van der Waals surface area contributed by atoms with E-state index in [2.05, 4.69) is 0 Å². The standard InChI is InChI=1S/C18H21NO2/c20-16-14-18(11-5-2-6-12-18)17(21)19(16)13-7-10-15-8-3-1-4-9-15/h1,3-4,7-10H,2,5-6,11-14H2/b10-7+. The summed E-state index contributed by atoms with van der Waals surface area (Å²) >= 11 is 0. The minimum atomic E-state index is -0.365. The SMILES string of the molecule is O=C1CC2(CCCCC2)C(=O)N1C/C=C/c1ccccc1. The fraction of sp³-hybridized carbons (Fsp3) is 0.444. The molecule has 2 amide bonds. The maximum Gasteiger partial charge on any atom is 0.236 e. The Labute approximate surface area is 125 Å². The second-order valence-corrected chi connectivity index (χ2v) is 6.14. The van der Waals surface area contributed by atoms with E-state index in [4.69, 9.17) is 0 Å². The van der Waals surface area contributed by atoms with Crippen LogP contribution in [0.3, 0.4) is 0 Å². The lowest BCUT2D eigenvalue weighted by atomic mass is 9.73. The molecule has 110 valence electrons. The summed E-state index contributed by atoms with van der Waals surface area (Å²) in [6, 6.07) is 9.93. The maximum atomic E-state index is 12.6. The van der Waals surface area contributed by atoms with Gasteiger partial charge in [0, 0.05) is 13.0 Å². The molecule has 1 aliphatic heterocycles. The third-order valence-corrected chi connectivity index (χ3v) is 4.70. The molecule has 0 atom stereocenters. The Kier molecular flexibility index (Phi) is 3.91. The van der Waals surface area contributed by atoms with Crippen LogP contribution in [0.4, 0.5) is 0 Å². The Morgan fingerprint density at radius 2 is 1.76 bits per heavy atom. The van der Waals surface area contributed by atoms with Crippen molar-refractivity contribution in [3.8, 4) is 0 Å². The van der Waals surface area contributed by atoms with E-state index in [1.807, 2.05) is 42.5 Å². The Bertz CT molecular complexity index is 556. The second kappa shape index (κ2) is 5.84. The highest BCUT2D eigenvalue weighted by atomic mass is 16.2. The van der Waals surface area contributed by atoms with Crippen molar-refractivity contribution in [3.63, 3.8) is 0 Å². The van der Waals surface area contributed by atoms with Gasteiger partial charge in [-0.2, -0.15) is 0 Å². The number of likely N-dealkylation sites (tertiary alicyclic amines) is 1. The summed E-state index contributed by atoms with van der Waals surface area (Å²) in [6.45, 7) is 0.397. The number of nitrogens with zero attached hydrogens (tertiary/aromatic N) is 1. The van der Waals surface area contributed by atoms with Crippen LogP contribution in [0.15, 0.2) is 36.4 Å². The molecule has 2 aliphatic rings. The zero-order valence-electron chi connectivity index (χ0n) is 12.3. The van der Waals surface area contributed by atoms with Crippen LogP contribution >= 0.6 is 0 Å². The molecule has 1 aromatic rings. The number of rotatable bonds is 3. The van der Waals surface area contributed by atoms with E-state index in [0.29, 0.717) is 13.0 Å². The first kappa shape index (κ1) is 14.1. The van der Waals surface area contributed by atoms with Crippen molar-refractivity contribution < 1.29 is 9.59 Å². The molecule has 21 heavy (non-hydrogen) atoms. The van der Waals surface area contributed by atoms with E-state index in [-0.39, 0.29) is 17.2 Å². The highest BCUT2D eigenvalue weighted by molar-refractivity contribution is 6.06. The molecule has 3 nitrogen and oxygen atoms in total. The van der Waals surface area contributed by atoms with Gasteiger partial charge in [0.25, 0.3) is 0 Å². The van der Waals surface area contributed by atoms with E-state index < -0.39 is 0 Å². The van der Waals surface area contributed by atoms with Gasteiger partial charge in [0.05, 0.1) is 5.41 Å². The first-order chi connectivity index (χ1) is 10.2. The van der Waals surface area contributed by atoms with Crippen molar-refractivity contribution in [1.29, 1.82) is 0 Å². The highest BCUT2D eigenvalue weighted by Gasteiger charge is 2.50. The fourth-order valence-electron chi connectivity index (χ4n) is 3.52. The smallest absolute Gasteiger partial charge is 0.236 e. The summed E-state index contributed by atoms with van der Waals surface area (Å²) in [4.78, 5) is 26.2. The molecule has 0 bridgehead atoms. The van der Waals surface area contributed by atoms with Crippen molar-refractivity contribution in [2.24, 2.45) is 5.41 Å². The predicted octanol–water partition coefficient (Wildman–Crippen LogP) is 3.41. The Morgan fingerprint density at radius 1 is 1.05 bits per heavy atom. The lowest BCUT2D eigenvalue weighted by Gasteiger charge is -2.30. The van der Waals surface area contributed by atoms with Crippen LogP contribution in [-0.4, -0.2) is 23.3 Å². The average Bonchev–Trinajstić information content (AvgIpc) is 2.73. The molecule has 1 saturated carbocycles. The van der Waals surface area contributed by atoms with Gasteiger partial charge in [0.2, 0.25) is 11.8 Å². The monoisotopic (exact) mass is 283 g/mol. The van der Waals surface area contributed by atoms with Gasteiger partial charge in [-0.15, -0.1) is 0 Å². The van der Waals surface area contributed by atoms with Crippen LogP contribution < -0.4 is 0 Å². The number of imide groups is 1. The van der Waals surface area contributed by atoms with Crippen LogP contribution in [0.1, 0.15) is 44.1 Å². The summed E-state index contributed by atoms with van der Waals surface area (Å²) < 4.78 is 0. The summed E-state index contributed by atoms with van der Waals surface area (Å²) in [7, 11) is 0. The molecular formula is C18H21NO2. The van der Waals surface area contributed by atoms with Gasteiger partial charge in [-0.25, -0.2) is 0 Å². The number of carbonyl (C=O) groups is 2. The van der Waals surface area contributed by atoms with Crippen LogP contribution in [0.25, 0.3) is 6.08 Å². The van der Waals surface area contributed by atoms with Crippen molar-refractivity contribution in [2.45, 2.75) is 38.5 Å². The summed E-state index contributed by atoms with van der Waals surface area (Å²) in [5, 5.41) is 0. The number of benzene rings is 1. The molecule has 1 aliphatic carbocycles. The maximum absolute atomic E-state index is 12.6. The summed E-state index contributed by atoms with van der Waals surface area (Å²) in [6.07, 6.45) is 9.41. The second-order valence-electron chi connectivity index (χ2n) is 6.14. The lowest BCUT2D eigenvalue weighted by molar-refractivity contribution is -0.141. The molecule has 1 spiro atoms. The normalized spacial score (nSPS) is 21.6. The molecule has 2 fully saturated rings. The molecule has 0 radical (unpaired) electrons. The largest absolute Gasteiger partial charge is 0.278 e.